The van der Waals surface area contributed by atoms with E-state index < -0.39 is 0 Å². The molecule has 4 nitrogen and oxygen atoms in total. The zero-order valence-corrected chi connectivity index (χ0v) is 13.6. The molecule has 0 spiro atoms. The quantitative estimate of drug-likeness (QED) is 0.913. The fourth-order valence-electron chi connectivity index (χ4n) is 1.78. The van der Waals surface area contributed by atoms with Crippen LogP contribution < -0.4 is 5.32 Å². The number of thiazole rings is 1. The summed E-state index contributed by atoms with van der Waals surface area (Å²) in [4.78, 5) is 17.7. The van der Waals surface area contributed by atoms with Crippen molar-refractivity contribution in [1.29, 1.82) is 0 Å². The van der Waals surface area contributed by atoms with Crippen LogP contribution in [0, 0.1) is 13.8 Å². The number of hydrogen-bond acceptors (Lipinski definition) is 3. The minimum Gasteiger partial charge on any atom is -0.342 e. The second kappa shape index (κ2) is 5.88. The second-order valence-corrected chi connectivity index (χ2v) is 6.47. The fraction of sp³-hybridized carbons (Fsp3) is 0.385. The Morgan fingerprint density at radius 1 is 1.53 bits per heavy atom. The van der Waals surface area contributed by atoms with E-state index in [1.807, 2.05) is 30.7 Å². The molecule has 0 fully saturated rings. The van der Waals surface area contributed by atoms with Crippen LogP contribution in [0.25, 0.3) is 0 Å². The van der Waals surface area contributed by atoms with Gasteiger partial charge in [-0.25, -0.2) is 4.98 Å². The van der Waals surface area contributed by atoms with Gasteiger partial charge in [0, 0.05) is 22.1 Å². The van der Waals surface area contributed by atoms with Crippen LogP contribution in [-0.4, -0.2) is 15.5 Å². The van der Waals surface area contributed by atoms with E-state index in [4.69, 9.17) is 0 Å². The Morgan fingerprint density at radius 3 is 2.84 bits per heavy atom. The Labute approximate surface area is 125 Å². The molecule has 0 aliphatic rings. The standard InChI is InChI=1S/C13H16BrN3OS/c1-4-5-17-7-10(14)6-11(17)12(18)16-13-15-8(2)9(3)19-13/h6-7H,4-5H2,1-3H3,(H,15,16,18). The third kappa shape index (κ3) is 3.25. The van der Waals surface area contributed by atoms with E-state index >= 15 is 0 Å². The van der Waals surface area contributed by atoms with Gasteiger partial charge in [0.2, 0.25) is 0 Å². The molecule has 0 unspecified atom stereocenters. The van der Waals surface area contributed by atoms with Crippen molar-refractivity contribution in [3.63, 3.8) is 0 Å². The highest BCUT2D eigenvalue weighted by Gasteiger charge is 2.15. The lowest BCUT2D eigenvalue weighted by Gasteiger charge is -2.06. The number of nitrogens with one attached hydrogen (secondary N) is 1. The third-order valence-electron chi connectivity index (χ3n) is 2.81. The van der Waals surface area contributed by atoms with Crippen LogP contribution in [-0.2, 0) is 6.54 Å². The van der Waals surface area contributed by atoms with Crippen LogP contribution in [0.5, 0.6) is 0 Å². The predicted molar refractivity (Wildman–Crippen MR) is 82.0 cm³/mol. The van der Waals surface area contributed by atoms with Gasteiger partial charge < -0.3 is 4.57 Å². The summed E-state index contributed by atoms with van der Waals surface area (Å²) in [5, 5.41) is 3.51. The smallest absolute Gasteiger partial charge is 0.274 e. The first kappa shape index (κ1) is 14.3. The SMILES string of the molecule is CCCn1cc(Br)cc1C(=O)Nc1nc(C)c(C)s1. The summed E-state index contributed by atoms with van der Waals surface area (Å²) in [6, 6.07) is 1.83. The van der Waals surface area contributed by atoms with Crippen molar-refractivity contribution in [2.24, 2.45) is 0 Å². The van der Waals surface area contributed by atoms with E-state index in [-0.39, 0.29) is 5.91 Å². The Morgan fingerprint density at radius 2 is 2.26 bits per heavy atom. The Hall–Kier alpha value is -1.14. The zero-order chi connectivity index (χ0) is 14.0. The maximum absolute atomic E-state index is 12.3. The summed E-state index contributed by atoms with van der Waals surface area (Å²) in [6.45, 7) is 6.85. The van der Waals surface area contributed by atoms with Crippen LogP contribution in [0.3, 0.4) is 0 Å². The number of hydrogen-bond donors (Lipinski definition) is 1. The predicted octanol–water partition coefficient (Wildman–Crippen LogP) is 3.99. The number of aromatic nitrogens is 2. The molecule has 2 aromatic heterocycles. The van der Waals surface area contributed by atoms with Gasteiger partial charge in [0.15, 0.2) is 5.13 Å². The molecule has 2 rings (SSSR count). The molecule has 0 aromatic carbocycles. The molecule has 0 bridgehead atoms. The minimum atomic E-state index is -0.118. The topological polar surface area (TPSA) is 46.9 Å². The fourth-order valence-corrected chi connectivity index (χ4v) is 3.05. The van der Waals surface area contributed by atoms with Crippen LogP contribution >= 0.6 is 27.3 Å². The van der Waals surface area contributed by atoms with Crippen molar-refractivity contribution in [2.75, 3.05) is 5.32 Å². The van der Waals surface area contributed by atoms with Crippen molar-refractivity contribution in [3.8, 4) is 0 Å². The van der Waals surface area contributed by atoms with Gasteiger partial charge in [-0.2, -0.15) is 0 Å². The average Bonchev–Trinajstić information content (AvgIpc) is 2.84. The molecule has 0 atom stereocenters. The summed E-state index contributed by atoms with van der Waals surface area (Å²) in [5.74, 6) is -0.118. The summed E-state index contributed by atoms with van der Waals surface area (Å²) >= 11 is 4.91. The number of aryl methyl sites for hydroxylation is 3. The molecule has 0 aliphatic heterocycles. The molecule has 1 N–H and O–H groups in total. The molecule has 0 radical (unpaired) electrons. The van der Waals surface area contributed by atoms with Gasteiger partial charge in [0.1, 0.15) is 5.69 Å². The van der Waals surface area contributed by atoms with Gasteiger partial charge in [0.05, 0.1) is 5.69 Å². The largest absolute Gasteiger partial charge is 0.342 e. The highest BCUT2D eigenvalue weighted by atomic mass is 79.9. The first-order valence-electron chi connectivity index (χ1n) is 6.12. The average molecular weight is 342 g/mol. The Bertz CT molecular complexity index is 584. The lowest BCUT2D eigenvalue weighted by Crippen LogP contribution is -2.16. The first-order chi connectivity index (χ1) is 9.01. The maximum Gasteiger partial charge on any atom is 0.274 e. The number of amides is 1. The molecule has 0 saturated heterocycles. The third-order valence-corrected chi connectivity index (χ3v) is 4.23. The van der Waals surface area contributed by atoms with Gasteiger partial charge in [-0.05, 0) is 42.3 Å². The molecule has 2 aromatic rings. The lowest BCUT2D eigenvalue weighted by atomic mass is 10.4. The number of halogens is 1. The molecule has 0 aliphatic carbocycles. The van der Waals surface area contributed by atoms with E-state index in [1.165, 1.54) is 11.3 Å². The van der Waals surface area contributed by atoms with Crippen molar-refractivity contribution in [3.05, 3.63) is 33.0 Å². The van der Waals surface area contributed by atoms with Gasteiger partial charge >= 0.3 is 0 Å². The molecular weight excluding hydrogens is 326 g/mol. The lowest BCUT2D eigenvalue weighted by molar-refractivity contribution is 0.101. The number of carbonyl (C=O) groups is 1. The molecule has 0 saturated carbocycles. The summed E-state index contributed by atoms with van der Waals surface area (Å²) in [7, 11) is 0. The van der Waals surface area contributed by atoms with Gasteiger partial charge in [-0.15, -0.1) is 11.3 Å². The maximum atomic E-state index is 12.3. The van der Waals surface area contributed by atoms with Crippen LogP contribution in [0.4, 0.5) is 5.13 Å². The van der Waals surface area contributed by atoms with Gasteiger partial charge in [0.25, 0.3) is 5.91 Å². The monoisotopic (exact) mass is 341 g/mol. The molecule has 1 amide bonds. The highest BCUT2D eigenvalue weighted by molar-refractivity contribution is 9.10. The summed E-state index contributed by atoms with van der Waals surface area (Å²) < 4.78 is 2.87. The van der Waals surface area contributed by atoms with E-state index in [2.05, 4.69) is 33.2 Å². The molecule has 2 heterocycles. The highest BCUT2D eigenvalue weighted by Crippen LogP contribution is 2.22. The van der Waals surface area contributed by atoms with Crippen molar-refractivity contribution in [2.45, 2.75) is 33.7 Å². The first-order valence-corrected chi connectivity index (χ1v) is 7.73. The zero-order valence-electron chi connectivity index (χ0n) is 11.2. The number of rotatable bonds is 4. The van der Waals surface area contributed by atoms with E-state index in [9.17, 15) is 4.79 Å². The van der Waals surface area contributed by atoms with Gasteiger partial charge in [-0.1, -0.05) is 6.92 Å². The van der Waals surface area contributed by atoms with E-state index in [0.717, 1.165) is 28.0 Å². The minimum absolute atomic E-state index is 0.118. The Kier molecular flexibility index (Phi) is 4.42. The van der Waals surface area contributed by atoms with E-state index in [1.54, 1.807) is 0 Å². The van der Waals surface area contributed by atoms with Crippen molar-refractivity contribution in [1.82, 2.24) is 9.55 Å². The van der Waals surface area contributed by atoms with E-state index in [0.29, 0.717) is 10.8 Å². The number of anilines is 1. The Balaban J connectivity index is 2.19. The summed E-state index contributed by atoms with van der Waals surface area (Å²) in [5.41, 5.74) is 1.62. The van der Waals surface area contributed by atoms with Crippen LogP contribution in [0.1, 0.15) is 34.4 Å². The molecule has 19 heavy (non-hydrogen) atoms. The second-order valence-electron chi connectivity index (χ2n) is 4.35. The van der Waals surface area contributed by atoms with Crippen LogP contribution in [0.2, 0.25) is 0 Å². The van der Waals surface area contributed by atoms with Crippen LogP contribution in [0.15, 0.2) is 16.7 Å². The summed E-state index contributed by atoms with van der Waals surface area (Å²) in [6.07, 6.45) is 2.91. The van der Waals surface area contributed by atoms with Crippen molar-refractivity contribution >= 4 is 38.3 Å². The number of nitrogens with zero attached hydrogens (tertiary/aromatic N) is 2. The van der Waals surface area contributed by atoms with Crippen molar-refractivity contribution < 1.29 is 4.79 Å². The molecule has 102 valence electrons. The number of carbonyl (C=O) groups excluding carboxylic acids is 1. The molecule has 6 heteroatoms. The van der Waals surface area contributed by atoms with Gasteiger partial charge in [-0.3, -0.25) is 10.1 Å². The molecular formula is C13H16BrN3OS. The normalized spacial score (nSPS) is 10.7.